The van der Waals surface area contributed by atoms with Crippen molar-refractivity contribution in [3.8, 4) is 0 Å². The van der Waals surface area contributed by atoms with Gasteiger partial charge in [-0.3, -0.25) is 0 Å². The average Bonchev–Trinajstić information content (AvgIpc) is 2.37. The molecule has 0 radical (unpaired) electrons. The number of nitrogens with zero attached hydrogens (tertiary/aromatic N) is 2. The highest BCUT2D eigenvalue weighted by molar-refractivity contribution is 5.40. The van der Waals surface area contributed by atoms with Crippen LogP contribution in [0.25, 0.3) is 0 Å². The van der Waals surface area contributed by atoms with Crippen molar-refractivity contribution in [3.63, 3.8) is 0 Å². The van der Waals surface area contributed by atoms with Crippen LogP contribution < -0.4 is 10.6 Å². The fourth-order valence-corrected chi connectivity index (χ4v) is 2.12. The van der Waals surface area contributed by atoms with E-state index in [1.807, 2.05) is 6.92 Å². The normalized spacial score (nSPS) is 24.6. The Bertz CT molecular complexity index is 438. The van der Waals surface area contributed by atoms with Crippen LogP contribution >= 0.6 is 0 Å². The molecule has 2 unspecified atom stereocenters. The van der Waals surface area contributed by atoms with E-state index in [1.165, 1.54) is 6.07 Å². The maximum atomic E-state index is 12.6. The molecule has 1 aromatic rings. The molecule has 1 fully saturated rings. The van der Waals surface area contributed by atoms with Gasteiger partial charge in [-0.15, -0.1) is 0 Å². The van der Waals surface area contributed by atoms with E-state index in [9.17, 15) is 13.2 Å². The van der Waals surface area contributed by atoms with Gasteiger partial charge in [-0.05, 0) is 19.1 Å². The fourth-order valence-electron chi connectivity index (χ4n) is 2.12. The molecule has 1 aliphatic rings. The largest absolute Gasteiger partial charge is 0.433 e. The van der Waals surface area contributed by atoms with Crippen LogP contribution in [0.1, 0.15) is 12.6 Å². The maximum absolute atomic E-state index is 12.6. The van der Waals surface area contributed by atoms with E-state index in [1.54, 1.807) is 11.0 Å². The van der Waals surface area contributed by atoms with Gasteiger partial charge in [0.1, 0.15) is 11.5 Å². The number of morpholine rings is 1. The van der Waals surface area contributed by atoms with Gasteiger partial charge in [0.25, 0.3) is 0 Å². The summed E-state index contributed by atoms with van der Waals surface area (Å²) in [4.78, 5) is 5.45. The van der Waals surface area contributed by atoms with E-state index in [-0.39, 0.29) is 12.2 Å². The molecule has 0 spiro atoms. The SMILES string of the molecule is CC1CN(c2cccc(C(F)(F)F)n2)CC(CN)O1. The van der Waals surface area contributed by atoms with E-state index in [0.717, 1.165) is 6.07 Å². The molecule has 1 saturated heterocycles. The highest BCUT2D eigenvalue weighted by atomic mass is 19.4. The molecule has 1 aliphatic heterocycles. The minimum Gasteiger partial charge on any atom is -0.370 e. The molecule has 4 nitrogen and oxygen atoms in total. The van der Waals surface area contributed by atoms with E-state index in [2.05, 4.69) is 4.98 Å². The van der Waals surface area contributed by atoms with Crippen LogP contribution in [0.2, 0.25) is 0 Å². The minimum absolute atomic E-state index is 0.0846. The van der Waals surface area contributed by atoms with Gasteiger partial charge in [0.15, 0.2) is 0 Å². The second kappa shape index (κ2) is 5.34. The summed E-state index contributed by atoms with van der Waals surface area (Å²) in [5.74, 6) is 0.309. The Balaban J connectivity index is 2.21. The predicted octanol–water partition coefficient (Wildman–Crippen LogP) is 1.65. The molecule has 0 amide bonds. The van der Waals surface area contributed by atoms with Crippen molar-refractivity contribution in [3.05, 3.63) is 23.9 Å². The topological polar surface area (TPSA) is 51.4 Å². The van der Waals surface area contributed by atoms with Crippen LogP contribution in [0.3, 0.4) is 0 Å². The van der Waals surface area contributed by atoms with E-state index < -0.39 is 11.9 Å². The van der Waals surface area contributed by atoms with E-state index in [0.29, 0.717) is 25.5 Å². The van der Waals surface area contributed by atoms with Crippen LogP contribution in [0.4, 0.5) is 19.0 Å². The summed E-state index contributed by atoms with van der Waals surface area (Å²) in [6, 6.07) is 3.90. The Labute approximate surface area is 109 Å². The van der Waals surface area contributed by atoms with Gasteiger partial charge in [-0.2, -0.15) is 13.2 Å². The van der Waals surface area contributed by atoms with Gasteiger partial charge < -0.3 is 15.4 Å². The third-order valence-corrected chi connectivity index (χ3v) is 2.94. The van der Waals surface area contributed by atoms with Crippen LogP contribution in [-0.4, -0.2) is 36.8 Å². The van der Waals surface area contributed by atoms with Crippen LogP contribution in [-0.2, 0) is 10.9 Å². The molecular formula is C12H16F3N3O. The molecule has 2 heterocycles. The lowest BCUT2D eigenvalue weighted by molar-refractivity contribution is -0.141. The van der Waals surface area contributed by atoms with Gasteiger partial charge >= 0.3 is 6.18 Å². The number of nitrogens with two attached hydrogens (primary N) is 1. The van der Waals surface area contributed by atoms with Gasteiger partial charge in [-0.25, -0.2) is 4.98 Å². The Morgan fingerprint density at radius 2 is 2.16 bits per heavy atom. The van der Waals surface area contributed by atoms with Crippen molar-refractivity contribution in [1.82, 2.24) is 4.98 Å². The first kappa shape index (κ1) is 14.1. The highest BCUT2D eigenvalue weighted by Gasteiger charge is 2.33. The minimum atomic E-state index is -4.43. The Morgan fingerprint density at radius 1 is 1.42 bits per heavy atom. The first-order valence-corrected chi connectivity index (χ1v) is 6.05. The first-order chi connectivity index (χ1) is 8.90. The van der Waals surface area contributed by atoms with Gasteiger partial charge in [0.2, 0.25) is 0 Å². The zero-order chi connectivity index (χ0) is 14.0. The third-order valence-electron chi connectivity index (χ3n) is 2.94. The van der Waals surface area contributed by atoms with Crippen molar-refractivity contribution in [2.75, 3.05) is 24.5 Å². The lowest BCUT2D eigenvalue weighted by Gasteiger charge is -2.37. The zero-order valence-corrected chi connectivity index (χ0v) is 10.5. The Hall–Kier alpha value is -1.34. The number of hydrogen-bond donors (Lipinski definition) is 1. The molecule has 7 heteroatoms. The molecule has 2 atom stereocenters. The number of anilines is 1. The lowest BCUT2D eigenvalue weighted by atomic mass is 10.2. The molecule has 0 bridgehead atoms. The molecular weight excluding hydrogens is 259 g/mol. The lowest BCUT2D eigenvalue weighted by Crippen LogP contribution is -2.49. The first-order valence-electron chi connectivity index (χ1n) is 6.05. The molecule has 106 valence electrons. The fraction of sp³-hybridized carbons (Fsp3) is 0.583. The molecule has 2 N–H and O–H groups in total. The third kappa shape index (κ3) is 3.36. The highest BCUT2D eigenvalue weighted by Crippen LogP contribution is 2.29. The molecule has 0 aromatic carbocycles. The number of halogens is 3. The van der Waals surface area contributed by atoms with E-state index in [4.69, 9.17) is 10.5 Å². The monoisotopic (exact) mass is 275 g/mol. The summed E-state index contributed by atoms with van der Waals surface area (Å²) in [6.45, 7) is 3.15. The number of ether oxygens (including phenoxy) is 1. The summed E-state index contributed by atoms with van der Waals surface area (Å²) in [5, 5.41) is 0. The van der Waals surface area contributed by atoms with Gasteiger partial charge in [-0.1, -0.05) is 6.07 Å². The summed E-state index contributed by atoms with van der Waals surface area (Å²) >= 11 is 0. The van der Waals surface area contributed by atoms with Crippen molar-refractivity contribution in [2.24, 2.45) is 5.73 Å². The summed E-state index contributed by atoms with van der Waals surface area (Å²) < 4.78 is 43.5. The van der Waals surface area contributed by atoms with Crippen molar-refractivity contribution in [2.45, 2.75) is 25.3 Å². The molecule has 0 saturated carbocycles. The molecule has 19 heavy (non-hydrogen) atoms. The number of aromatic nitrogens is 1. The average molecular weight is 275 g/mol. The van der Waals surface area contributed by atoms with Crippen LogP contribution in [0.15, 0.2) is 18.2 Å². The molecule has 1 aromatic heterocycles. The van der Waals surface area contributed by atoms with Crippen molar-refractivity contribution < 1.29 is 17.9 Å². The smallest absolute Gasteiger partial charge is 0.370 e. The van der Waals surface area contributed by atoms with Crippen LogP contribution in [0.5, 0.6) is 0 Å². The van der Waals surface area contributed by atoms with Crippen molar-refractivity contribution >= 4 is 5.82 Å². The van der Waals surface area contributed by atoms with Crippen molar-refractivity contribution in [1.29, 1.82) is 0 Å². The summed E-state index contributed by atoms with van der Waals surface area (Å²) in [7, 11) is 0. The van der Waals surface area contributed by atoms with Gasteiger partial charge in [0.05, 0.1) is 12.2 Å². The summed E-state index contributed by atoms with van der Waals surface area (Å²) in [5.41, 5.74) is 4.67. The van der Waals surface area contributed by atoms with Gasteiger partial charge in [0, 0.05) is 19.6 Å². The molecule has 2 rings (SSSR count). The molecule has 0 aliphatic carbocycles. The maximum Gasteiger partial charge on any atom is 0.433 e. The standard InChI is InChI=1S/C12H16F3N3O/c1-8-6-18(7-9(5-16)19-8)11-4-2-3-10(17-11)12(13,14)15/h2-4,8-9H,5-7,16H2,1H3. The number of hydrogen-bond acceptors (Lipinski definition) is 4. The van der Waals surface area contributed by atoms with E-state index >= 15 is 0 Å². The number of alkyl halides is 3. The Kier molecular flexibility index (Phi) is 3.96. The second-order valence-corrected chi connectivity index (χ2v) is 4.59. The number of rotatable bonds is 2. The second-order valence-electron chi connectivity index (χ2n) is 4.59. The quantitative estimate of drug-likeness (QED) is 0.891. The number of pyridine rings is 1. The zero-order valence-electron chi connectivity index (χ0n) is 10.5. The predicted molar refractivity (Wildman–Crippen MR) is 64.8 cm³/mol. The summed E-state index contributed by atoms with van der Waals surface area (Å²) in [6.07, 6.45) is -4.69. The van der Waals surface area contributed by atoms with Crippen LogP contribution in [0, 0.1) is 0 Å². The Morgan fingerprint density at radius 3 is 2.79 bits per heavy atom.